The van der Waals surface area contributed by atoms with Gasteiger partial charge in [0.2, 0.25) is 0 Å². The molecule has 0 aliphatic heterocycles. The summed E-state index contributed by atoms with van der Waals surface area (Å²) in [5, 5.41) is 0. The van der Waals surface area contributed by atoms with E-state index >= 15 is 0 Å². The third kappa shape index (κ3) is 3.90. The molecule has 0 unspecified atom stereocenters. The first-order valence-electron chi connectivity index (χ1n) is 6.44. The van der Waals surface area contributed by atoms with Gasteiger partial charge in [0.15, 0.2) is 0 Å². The Kier molecular flexibility index (Phi) is 5.78. The zero-order chi connectivity index (χ0) is 12.7. The average molecular weight is 232 g/mol. The van der Waals surface area contributed by atoms with Crippen LogP contribution in [0, 0.1) is 0 Å². The monoisotopic (exact) mass is 232 g/mol. The number of benzene rings is 1. The molecule has 0 radical (unpaired) electrons. The third-order valence-corrected chi connectivity index (χ3v) is 2.97. The van der Waals surface area contributed by atoms with Crippen molar-refractivity contribution >= 4 is 5.69 Å². The van der Waals surface area contributed by atoms with E-state index in [9.17, 15) is 0 Å². The molecule has 94 valence electrons. The summed E-state index contributed by atoms with van der Waals surface area (Å²) in [5.74, 6) is 0. The van der Waals surface area contributed by atoms with Gasteiger partial charge in [-0.25, -0.2) is 0 Å². The number of nitrogens with two attached hydrogens (primary N) is 1. The van der Waals surface area contributed by atoms with Crippen LogP contribution < -0.4 is 10.6 Å². The third-order valence-electron chi connectivity index (χ3n) is 2.97. The molecule has 2 nitrogen and oxygen atoms in total. The maximum atomic E-state index is 6.01. The second-order valence-corrected chi connectivity index (χ2v) is 4.34. The summed E-state index contributed by atoms with van der Waals surface area (Å²) in [5.41, 5.74) is 8.47. The largest absolute Gasteiger partial charge is 0.368 e. The van der Waals surface area contributed by atoms with Crippen LogP contribution in [0.3, 0.4) is 0 Å². The predicted molar refractivity (Wildman–Crippen MR) is 76.4 cm³/mol. The van der Waals surface area contributed by atoms with Crippen LogP contribution in [0.1, 0.15) is 38.3 Å². The lowest BCUT2D eigenvalue weighted by molar-refractivity contribution is 0.698. The highest BCUT2D eigenvalue weighted by Gasteiger charge is 2.06. The summed E-state index contributed by atoms with van der Waals surface area (Å²) in [6.45, 7) is 10.1. The van der Waals surface area contributed by atoms with Crippen LogP contribution in [0.2, 0.25) is 0 Å². The van der Waals surface area contributed by atoms with E-state index in [1.807, 2.05) is 6.08 Å². The van der Waals surface area contributed by atoms with Crippen molar-refractivity contribution < 1.29 is 0 Å². The fourth-order valence-corrected chi connectivity index (χ4v) is 1.92. The number of nitrogens with zero attached hydrogens (tertiary/aromatic N) is 1. The molecule has 0 bridgehead atoms. The lowest BCUT2D eigenvalue weighted by atomic mass is 10.1. The fraction of sp³-hybridized carbons (Fsp3) is 0.467. The van der Waals surface area contributed by atoms with Gasteiger partial charge in [-0.1, -0.05) is 32.1 Å². The van der Waals surface area contributed by atoms with Crippen molar-refractivity contribution in [3.8, 4) is 0 Å². The number of rotatable bonds is 7. The number of anilines is 1. The van der Waals surface area contributed by atoms with Gasteiger partial charge in [0.1, 0.15) is 0 Å². The Labute approximate surface area is 105 Å². The number of hydrogen-bond donors (Lipinski definition) is 1. The quantitative estimate of drug-likeness (QED) is 0.729. The minimum absolute atomic E-state index is 0.156. The first-order valence-corrected chi connectivity index (χ1v) is 6.44. The molecule has 0 aliphatic rings. The second-order valence-electron chi connectivity index (χ2n) is 4.34. The Bertz CT molecular complexity index is 329. The minimum Gasteiger partial charge on any atom is -0.368 e. The van der Waals surface area contributed by atoms with E-state index in [2.05, 4.69) is 49.6 Å². The zero-order valence-corrected chi connectivity index (χ0v) is 11.0. The standard InChI is InChI=1S/C15H24N2/c1-4-11-17(12-5-2)14-9-7-13(8-10-14)15(16)6-3/h4,7-10,15H,1,5-6,11-12,16H2,2-3H3/t15-/m0/s1. The Morgan fingerprint density at radius 1 is 1.29 bits per heavy atom. The molecule has 0 heterocycles. The highest BCUT2D eigenvalue weighted by Crippen LogP contribution is 2.19. The molecule has 1 aromatic rings. The summed E-state index contributed by atoms with van der Waals surface area (Å²) < 4.78 is 0. The normalized spacial score (nSPS) is 12.2. The first kappa shape index (κ1) is 13.8. The Hall–Kier alpha value is -1.28. The average Bonchev–Trinajstić information content (AvgIpc) is 2.38. The van der Waals surface area contributed by atoms with Crippen molar-refractivity contribution in [3.63, 3.8) is 0 Å². The molecule has 0 aromatic heterocycles. The topological polar surface area (TPSA) is 29.3 Å². The molecule has 0 saturated carbocycles. The molecule has 1 rings (SSSR count). The molecule has 0 amide bonds. The molecule has 17 heavy (non-hydrogen) atoms. The molecule has 0 fully saturated rings. The fourth-order valence-electron chi connectivity index (χ4n) is 1.92. The molecule has 0 aliphatic carbocycles. The molecule has 2 N–H and O–H groups in total. The lowest BCUT2D eigenvalue weighted by Gasteiger charge is -2.23. The van der Waals surface area contributed by atoms with Gasteiger partial charge in [-0.05, 0) is 30.5 Å². The predicted octanol–water partition coefficient (Wildman–Crippen LogP) is 3.50. The van der Waals surface area contributed by atoms with Crippen LogP contribution >= 0.6 is 0 Å². The van der Waals surface area contributed by atoms with E-state index in [1.165, 1.54) is 11.3 Å². The van der Waals surface area contributed by atoms with Crippen LogP contribution in [0.4, 0.5) is 5.69 Å². The zero-order valence-electron chi connectivity index (χ0n) is 11.0. The SMILES string of the molecule is C=CCN(CCC)c1ccc([C@@H](N)CC)cc1. The molecule has 0 spiro atoms. The van der Waals surface area contributed by atoms with E-state index in [0.29, 0.717) is 0 Å². The highest BCUT2D eigenvalue weighted by atomic mass is 15.1. The maximum absolute atomic E-state index is 6.01. The maximum Gasteiger partial charge on any atom is 0.0369 e. The molecular weight excluding hydrogens is 208 g/mol. The van der Waals surface area contributed by atoms with Crippen LogP contribution in [0.25, 0.3) is 0 Å². The van der Waals surface area contributed by atoms with Crippen molar-refractivity contribution in [2.75, 3.05) is 18.0 Å². The summed E-state index contributed by atoms with van der Waals surface area (Å²) in [6.07, 6.45) is 4.07. The highest BCUT2D eigenvalue weighted by molar-refractivity contribution is 5.48. The molecule has 1 atom stereocenters. The summed E-state index contributed by atoms with van der Waals surface area (Å²) in [4.78, 5) is 2.33. The Morgan fingerprint density at radius 2 is 1.94 bits per heavy atom. The van der Waals surface area contributed by atoms with Gasteiger partial charge >= 0.3 is 0 Å². The second kappa shape index (κ2) is 7.13. The molecule has 2 heteroatoms. The van der Waals surface area contributed by atoms with Gasteiger partial charge in [0, 0.05) is 24.8 Å². The molecule has 0 saturated heterocycles. The first-order chi connectivity index (χ1) is 8.22. The van der Waals surface area contributed by atoms with E-state index in [1.54, 1.807) is 0 Å². The van der Waals surface area contributed by atoms with Crippen molar-refractivity contribution in [2.24, 2.45) is 5.73 Å². The van der Waals surface area contributed by atoms with Crippen LogP contribution in [-0.4, -0.2) is 13.1 Å². The molecule has 1 aromatic carbocycles. The van der Waals surface area contributed by atoms with Crippen LogP contribution in [-0.2, 0) is 0 Å². The van der Waals surface area contributed by atoms with E-state index in [4.69, 9.17) is 5.73 Å². The summed E-state index contributed by atoms with van der Waals surface area (Å²) in [6, 6.07) is 8.74. The molecular formula is C15H24N2. The van der Waals surface area contributed by atoms with Crippen molar-refractivity contribution in [2.45, 2.75) is 32.7 Å². The minimum atomic E-state index is 0.156. The Morgan fingerprint density at radius 3 is 2.41 bits per heavy atom. The van der Waals surface area contributed by atoms with Gasteiger partial charge in [-0.3, -0.25) is 0 Å². The van der Waals surface area contributed by atoms with E-state index < -0.39 is 0 Å². The summed E-state index contributed by atoms with van der Waals surface area (Å²) >= 11 is 0. The van der Waals surface area contributed by atoms with Gasteiger partial charge in [0.05, 0.1) is 0 Å². The van der Waals surface area contributed by atoms with Crippen molar-refractivity contribution in [1.29, 1.82) is 0 Å². The van der Waals surface area contributed by atoms with Gasteiger partial charge < -0.3 is 10.6 Å². The smallest absolute Gasteiger partial charge is 0.0369 e. The van der Waals surface area contributed by atoms with Gasteiger partial charge in [0.25, 0.3) is 0 Å². The van der Waals surface area contributed by atoms with Gasteiger partial charge in [-0.2, -0.15) is 0 Å². The van der Waals surface area contributed by atoms with Crippen molar-refractivity contribution in [3.05, 3.63) is 42.5 Å². The van der Waals surface area contributed by atoms with Gasteiger partial charge in [-0.15, -0.1) is 6.58 Å². The van der Waals surface area contributed by atoms with Crippen molar-refractivity contribution in [1.82, 2.24) is 0 Å². The summed E-state index contributed by atoms with van der Waals surface area (Å²) in [7, 11) is 0. The number of hydrogen-bond acceptors (Lipinski definition) is 2. The van der Waals surface area contributed by atoms with Crippen LogP contribution in [0.5, 0.6) is 0 Å². The van der Waals surface area contributed by atoms with E-state index in [0.717, 1.165) is 25.9 Å². The van der Waals surface area contributed by atoms with Crippen LogP contribution in [0.15, 0.2) is 36.9 Å². The lowest BCUT2D eigenvalue weighted by Crippen LogP contribution is -2.23. The van der Waals surface area contributed by atoms with E-state index in [-0.39, 0.29) is 6.04 Å². The Balaban J connectivity index is 2.79.